The topological polar surface area (TPSA) is 60.9 Å². The molecule has 1 rings (SSSR count). The first-order valence-corrected chi connectivity index (χ1v) is 5.04. The first-order valence-electron chi connectivity index (χ1n) is 5.04. The third-order valence-electron chi connectivity index (χ3n) is 2.41. The summed E-state index contributed by atoms with van der Waals surface area (Å²) in [5, 5.41) is 19.3. The lowest BCUT2D eigenvalue weighted by molar-refractivity contribution is 0.163. The molecular formula is C10H19N3O. The molecule has 80 valence electrons. The third-order valence-corrected chi connectivity index (χ3v) is 2.41. The van der Waals surface area contributed by atoms with Crippen LogP contribution >= 0.6 is 0 Å². The maximum Gasteiger partial charge on any atom is 0.0610 e. The Morgan fingerprint density at radius 3 is 2.93 bits per heavy atom. The average Bonchev–Trinajstić information content (AvgIpc) is 2.68. The summed E-state index contributed by atoms with van der Waals surface area (Å²) < 4.78 is 0. The molecule has 14 heavy (non-hydrogen) atoms. The number of aliphatic hydroxyl groups excluding tert-OH is 1. The second kappa shape index (κ2) is 5.12. The molecular weight excluding hydrogens is 178 g/mol. The summed E-state index contributed by atoms with van der Waals surface area (Å²) in [7, 11) is 0. The molecule has 1 atom stereocenters. The van der Waals surface area contributed by atoms with Gasteiger partial charge in [0.25, 0.3) is 0 Å². The van der Waals surface area contributed by atoms with Crippen molar-refractivity contribution in [3.63, 3.8) is 0 Å². The van der Waals surface area contributed by atoms with Gasteiger partial charge in [0.1, 0.15) is 0 Å². The molecule has 0 radical (unpaired) electrons. The Kier molecular flexibility index (Phi) is 4.10. The number of aromatic nitrogens is 2. The molecule has 1 aromatic rings. The van der Waals surface area contributed by atoms with Gasteiger partial charge in [-0.3, -0.25) is 5.10 Å². The Labute approximate surface area is 84.7 Å². The van der Waals surface area contributed by atoms with Crippen LogP contribution in [0.5, 0.6) is 0 Å². The maximum absolute atomic E-state index is 9.26. The second-order valence-corrected chi connectivity index (χ2v) is 3.90. The Balaban J connectivity index is 2.41. The Morgan fingerprint density at radius 2 is 2.43 bits per heavy atom. The molecule has 4 heteroatoms. The Morgan fingerprint density at radius 1 is 1.64 bits per heavy atom. The molecule has 0 saturated heterocycles. The largest absolute Gasteiger partial charge is 0.394 e. The lowest BCUT2D eigenvalue weighted by atomic mass is 9.97. The molecule has 0 aliphatic rings. The minimum Gasteiger partial charge on any atom is -0.394 e. The Bertz CT molecular complexity index is 248. The fraction of sp³-hybridized carbons (Fsp3) is 0.700. The van der Waals surface area contributed by atoms with Crippen LogP contribution in [-0.4, -0.2) is 27.4 Å². The SMILES string of the molecule is CCCC(C)(CO)NCc1ccn[nH]1. The zero-order chi connectivity index (χ0) is 10.4. The van der Waals surface area contributed by atoms with E-state index in [1.54, 1.807) is 6.20 Å². The van der Waals surface area contributed by atoms with Gasteiger partial charge in [0.05, 0.1) is 6.61 Å². The van der Waals surface area contributed by atoms with Crippen molar-refractivity contribution >= 4 is 0 Å². The van der Waals surface area contributed by atoms with Gasteiger partial charge in [-0.15, -0.1) is 0 Å². The lowest BCUT2D eigenvalue weighted by Gasteiger charge is -2.28. The van der Waals surface area contributed by atoms with Crippen LogP contribution in [0.2, 0.25) is 0 Å². The molecule has 1 aromatic heterocycles. The summed E-state index contributed by atoms with van der Waals surface area (Å²) in [4.78, 5) is 0. The van der Waals surface area contributed by atoms with Crippen molar-refractivity contribution in [3.8, 4) is 0 Å². The number of aliphatic hydroxyl groups is 1. The van der Waals surface area contributed by atoms with Crippen LogP contribution in [0, 0.1) is 0 Å². The van der Waals surface area contributed by atoms with Crippen molar-refractivity contribution in [2.75, 3.05) is 6.61 Å². The van der Waals surface area contributed by atoms with Crippen molar-refractivity contribution in [3.05, 3.63) is 18.0 Å². The van der Waals surface area contributed by atoms with E-state index in [1.807, 2.05) is 13.0 Å². The molecule has 0 aliphatic heterocycles. The van der Waals surface area contributed by atoms with Crippen LogP contribution < -0.4 is 5.32 Å². The van der Waals surface area contributed by atoms with E-state index in [-0.39, 0.29) is 12.1 Å². The van der Waals surface area contributed by atoms with Gasteiger partial charge in [0.15, 0.2) is 0 Å². The van der Waals surface area contributed by atoms with Crippen molar-refractivity contribution < 1.29 is 5.11 Å². The number of aromatic amines is 1. The molecule has 0 spiro atoms. The van der Waals surface area contributed by atoms with Crippen molar-refractivity contribution in [1.82, 2.24) is 15.5 Å². The fourth-order valence-electron chi connectivity index (χ4n) is 1.47. The number of hydrogen-bond donors (Lipinski definition) is 3. The molecule has 0 amide bonds. The van der Waals surface area contributed by atoms with Gasteiger partial charge >= 0.3 is 0 Å². The first-order chi connectivity index (χ1) is 6.70. The molecule has 0 saturated carbocycles. The zero-order valence-electron chi connectivity index (χ0n) is 8.88. The van der Waals surface area contributed by atoms with Gasteiger partial charge in [0.2, 0.25) is 0 Å². The number of rotatable bonds is 6. The molecule has 0 bridgehead atoms. The monoisotopic (exact) mass is 197 g/mol. The third kappa shape index (κ3) is 3.12. The van der Waals surface area contributed by atoms with Crippen molar-refractivity contribution in [2.45, 2.75) is 38.8 Å². The average molecular weight is 197 g/mol. The summed E-state index contributed by atoms with van der Waals surface area (Å²) >= 11 is 0. The highest BCUT2D eigenvalue weighted by Crippen LogP contribution is 2.11. The molecule has 4 nitrogen and oxygen atoms in total. The molecule has 0 aliphatic carbocycles. The van der Waals surface area contributed by atoms with Crippen LogP contribution in [0.1, 0.15) is 32.4 Å². The highest BCUT2D eigenvalue weighted by molar-refractivity contribution is 4.98. The van der Waals surface area contributed by atoms with Crippen molar-refractivity contribution in [1.29, 1.82) is 0 Å². The summed E-state index contributed by atoms with van der Waals surface area (Å²) in [6.07, 6.45) is 3.76. The van der Waals surface area contributed by atoms with Gasteiger partial charge in [-0.25, -0.2) is 0 Å². The predicted molar refractivity (Wildman–Crippen MR) is 55.8 cm³/mol. The van der Waals surface area contributed by atoms with E-state index in [4.69, 9.17) is 0 Å². The van der Waals surface area contributed by atoms with Gasteiger partial charge in [0, 0.05) is 24.0 Å². The summed E-state index contributed by atoms with van der Waals surface area (Å²) in [6, 6.07) is 1.93. The van der Waals surface area contributed by atoms with Crippen LogP contribution in [0.4, 0.5) is 0 Å². The van der Waals surface area contributed by atoms with E-state index in [0.29, 0.717) is 0 Å². The van der Waals surface area contributed by atoms with Gasteiger partial charge in [-0.1, -0.05) is 13.3 Å². The van der Waals surface area contributed by atoms with E-state index in [1.165, 1.54) is 0 Å². The van der Waals surface area contributed by atoms with Crippen LogP contribution in [-0.2, 0) is 6.54 Å². The van der Waals surface area contributed by atoms with Crippen LogP contribution in [0.25, 0.3) is 0 Å². The minimum atomic E-state index is -0.181. The maximum atomic E-state index is 9.26. The summed E-state index contributed by atoms with van der Waals surface area (Å²) in [6.45, 7) is 5.03. The fourth-order valence-corrected chi connectivity index (χ4v) is 1.47. The smallest absolute Gasteiger partial charge is 0.0610 e. The predicted octanol–water partition coefficient (Wildman–Crippen LogP) is 1.05. The molecule has 0 aromatic carbocycles. The highest BCUT2D eigenvalue weighted by Gasteiger charge is 2.21. The molecule has 1 unspecified atom stereocenters. The van der Waals surface area contributed by atoms with Gasteiger partial charge < -0.3 is 10.4 Å². The van der Waals surface area contributed by atoms with E-state index in [2.05, 4.69) is 22.4 Å². The van der Waals surface area contributed by atoms with Crippen LogP contribution in [0.3, 0.4) is 0 Å². The van der Waals surface area contributed by atoms with Crippen molar-refractivity contribution in [2.24, 2.45) is 0 Å². The van der Waals surface area contributed by atoms with Gasteiger partial charge in [-0.05, 0) is 19.4 Å². The minimum absolute atomic E-state index is 0.162. The standard InChI is InChI=1S/C10H19N3O/c1-3-5-10(2,8-14)11-7-9-4-6-12-13-9/h4,6,11,14H,3,5,7-8H2,1-2H3,(H,12,13). The van der Waals surface area contributed by atoms with E-state index in [0.717, 1.165) is 25.1 Å². The molecule has 3 N–H and O–H groups in total. The quantitative estimate of drug-likeness (QED) is 0.639. The molecule has 0 fully saturated rings. The summed E-state index contributed by atoms with van der Waals surface area (Å²) in [5.41, 5.74) is 0.862. The highest BCUT2D eigenvalue weighted by atomic mass is 16.3. The number of nitrogens with zero attached hydrogens (tertiary/aromatic N) is 1. The van der Waals surface area contributed by atoms with E-state index >= 15 is 0 Å². The number of H-pyrrole nitrogens is 1. The zero-order valence-corrected chi connectivity index (χ0v) is 8.88. The number of hydrogen-bond acceptors (Lipinski definition) is 3. The lowest BCUT2D eigenvalue weighted by Crippen LogP contribution is -2.45. The van der Waals surface area contributed by atoms with E-state index < -0.39 is 0 Å². The molecule has 1 heterocycles. The van der Waals surface area contributed by atoms with Gasteiger partial charge in [-0.2, -0.15) is 5.10 Å². The normalized spacial score (nSPS) is 15.4. The van der Waals surface area contributed by atoms with E-state index in [9.17, 15) is 5.11 Å². The number of nitrogens with one attached hydrogen (secondary N) is 2. The second-order valence-electron chi connectivity index (χ2n) is 3.90. The summed E-state index contributed by atoms with van der Waals surface area (Å²) in [5.74, 6) is 0. The van der Waals surface area contributed by atoms with Crippen LogP contribution in [0.15, 0.2) is 12.3 Å². The Hall–Kier alpha value is -0.870. The first kappa shape index (κ1) is 11.2.